The summed E-state index contributed by atoms with van der Waals surface area (Å²) < 4.78 is 18.7. The molecule has 3 heterocycles. The van der Waals surface area contributed by atoms with Gasteiger partial charge in [-0.1, -0.05) is 18.0 Å². The van der Waals surface area contributed by atoms with Crippen molar-refractivity contribution in [3.8, 4) is 0 Å². The molecule has 2 saturated heterocycles. The maximum atomic E-state index is 13.4. The molecule has 1 aromatic carbocycles. The predicted octanol–water partition coefficient (Wildman–Crippen LogP) is 3.03. The monoisotopic (exact) mass is 515 g/mol. The van der Waals surface area contributed by atoms with Crippen molar-refractivity contribution in [3.05, 3.63) is 41.9 Å². The van der Waals surface area contributed by atoms with Crippen LogP contribution in [0.3, 0.4) is 0 Å². The van der Waals surface area contributed by atoms with E-state index < -0.39 is 11.9 Å². The summed E-state index contributed by atoms with van der Waals surface area (Å²) in [6.45, 7) is 3.02. The third-order valence-corrected chi connectivity index (χ3v) is 7.38. The Balaban J connectivity index is 0.000000349. The van der Waals surface area contributed by atoms with Crippen LogP contribution in [0, 0.1) is 17.7 Å². The van der Waals surface area contributed by atoms with Gasteiger partial charge in [0.25, 0.3) is 0 Å². The van der Waals surface area contributed by atoms with Crippen molar-refractivity contribution in [2.24, 2.45) is 11.8 Å². The van der Waals surface area contributed by atoms with E-state index in [0.717, 1.165) is 69.2 Å². The molecule has 2 N–H and O–H groups in total. The number of amides is 2. The van der Waals surface area contributed by atoms with Crippen LogP contribution in [0.2, 0.25) is 0 Å². The summed E-state index contributed by atoms with van der Waals surface area (Å²) in [5.74, 6) is -2.57. The van der Waals surface area contributed by atoms with Crippen LogP contribution in [0.1, 0.15) is 50.1 Å². The fraction of sp³-hybridized carbons (Fsp3) is 0.500. The fourth-order valence-corrected chi connectivity index (χ4v) is 5.49. The van der Waals surface area contributed by atoms with Gasteiger partial charge >= 0.3 is 11.9 Å². The second-order valence-corrected chi connectivity index (χ2v) is 9.66. The Hall–Kier alpha value is -3.60. The van der Waals surface area contributed by atoms with Gasteiger partial charge in [-0.2, -0.15) is 0 Å². The molecular formula is C26H30FN3O7. The number of likely N-dealkylation sites (tertiary alicyclic amines) is 2. The molecular weight excluding hydrogens is 485 g/mol. The van der Waals surface area contributed by atoms with Crippen LogP contribution in [0.25, 0.3) is 11.0 Å². The summed E-state index contributed by atoms with van der Waals surface area (Å²) in [7, 11) is 0. The van der Waals surface area contributed by atoms with Crippen molar-refractivity contribution in [2.75, 3.05) is 26.2 Å². The largest absolute Gasteiger partial charge is 0.478 e. The molecule has 2 aliphatic heterocycles. The number of hydrogen-bond acceptors (Lipinski definition) is 7. The number of fused-ring (bicyclic) bond motifs is 2. The van der Waals surface area contributed by atoms with E-state index in [4.69, 9.17) is 14.7 Å². The summed E-state index contributed by atoms with van der Waals surface area (Å²) >= 11 is 0. The third-order valence-electron chi connectivity index (χ3n) is 7.38. The number of carboxylic acid groups (broad SMARTS) is 2. The number of aliphatic carboxylic acids is 2. The van der Waals surface area contributed by atoms with E-state index in [2.05, 4.69) is 10.1 Å². The van der Waals surface area contributed by atoms with E-state index in [9.17, 15) is 23.6 Å². The Morgan fingerprint density at radius 1 is 0.973 bits per heavy atom. The summed E-state index contributed by atoms with van der Waals surface area (Å²) in [5.41, 5.74) is 1.41. The number of halogens is 1. The number of piperidine rings is 1. The molecule has 5 rings (SSSR count). The van der Waals surface area contributed by atoms with Crippen molar-refractivity contribution >= 4 is 34.7 Å². The van der Waals surface area contributed by atoms with E-state index in [0.29, 0.717) is 24.3 Å². The fourth-order valence-electron chi connectivity index (χ4n) is 5.49. The lowest BCUT2D eigenvalue weighted by Crippen LogP contribution is -2.41. The average Bonchev–Trinajstić information content (AvgIpc) is 3.41. The summed E-state index contributed by atoms with van der Waals surface area (Å²) in [4.78, 5) is 48.2. The summed E-state index contributed by atoms with van der Waals surface area (Å²) in [6.07, 6.45) is 6.85. The molecule has 0 radical (unpaired) electrons. The second kappa shape index (κ2) is 11.6. The van der Waals surface area contributed by atoms with Crippen LogP contribution in [0.15, 0.2) is 34.9 Å². The average molecular weight is 516 g/mol. The highest BCUT2D eigenvalue weighted by Crippen LogP contribution is 2.38. The lowest BCUT2D eigenvalue weighted by atomic mass is 9.81. The summed E-state index contributed by atoms with van der Waals surface area (Å²) in [6, 6.07) is 4.56. The van der Waals surface area contributed by atoms with Gasteiger partial charge < -0.3 is 19.6 Å². The van der Waals surface area contributed by atoms with E-state index >= 15 is 0 Å². The van der Waals surface area contributed by atoms with Crippen LogP contribution >= 0.6 is 0 Å². The zero-order chi connectivity index (χ0) is 26.5. The molecule has 1 aromatic heterocycles. The Kier molecular flexibility index (Phi) is 8.32. The van der Waals surface area contributed by atoms with Crippen LogP contribution < -0.4 is 0 Å². The Morgan fingerprint density at radius 2 is 1.57 bits per heavy atom. The van der Waals surface area contributed by atoms with Crippen LogP contribution in [-0.4, -0.2) is 75.1 Å². The molecule has 1 saturated carbocycles. The molecule has 2 amide bonds. The molecule has 0 bridgehead atoms. The van der Waals surface area contributed by atoms with Gasteiger partial charge in [-0.05, 0) is 50.9 Å². The zero-order valence-corrected chi connectivity index (χ0v) is 20.3. The number of aromatic nitrogens is 1. The van der Waals surface area contributed by atoms with E-state index in [1.54, 1.807) is 6.07 Å². The van der Waals surface area contributed by atoms with Gasteiger partial charge in [0.1, 0.15) is 5.82 Å². The highest BCUT2D eigenvalue weighted by atomic mass is 19.1. The molecule has 11 heteroatoms. The first-order valence-electron chi connectivity index (χ1n) is 12.5. The molecule has 2 unspecified atom stereocenters. The molecule has 0 spiro atoms. The molecule has 2 aromatic rings. The van der Waals surface area contributed by atoms with E-state index in [1.807, 2.05) is 0 Å². The Labute approximate surface area is 212 Å². The van der Waals surface area contributed by atoms with Crippen molar-refractivity contribution < 1.29 is 38.3 Å². The van der Waals surface area contributed by atoms with Gasteiger partial charge in [-0.25, -0.2) is 14.0 Å². The van der Waals surface area contributed by atoms with Crippen LogP contribution in [-0.2, 0) is 19.2 Å². The number of carboxylic acids is 2. The quantitative estimate of drug-likeness (QED) is 0.439. The minimum atomic E-state index is -1.26. The van der Waals surface area contributed by atoms with Gasteiger partial charge in [0.2, 0.25) is 11.8 Å². The SMILES string of the molecule is O=C(O)/C=C/C(=O)O.O=C1C2CCCCC2C(=O)N1CCN1CCC(c2noc3cc(F)ccc23)CC1. The third kappa shape index (κ3) is 6.22. The number of nitrogens with zero attached hydrogens (tertiary/aromatic N) is 3. The van der Waals surface area contributed by atoms with E-state index in [-0.39, 0.29) is 35.4 Å². The van der Waals surface area contributed by atoms with Gasteiger partial charge in [-0.3, -0.25) is 14.5 Å². The van der Waals surface area contributed by atoms with Crippen molar-refractivity contribution in [2.45, 2.75) is 44.4 Å². The lowest BCUT2D eigenvalue weighted by molar-refractivity contribution is -0.140. The maximum Gasteiger partial charge on any atom is 0.328 e. The maximum absolute atomic E-state index is 13.4. The number of rotatable bonds is 6. The molecule has 37 heavy (non-hydrogen) atoms. The van der Waals surface area contributed by atoms with Gasteiger partial charge in [0.15, 0.2) is 5.58 Å². The van der Waals surface area contributed by atoms with Crippen LogP contribution in [0.5, 0.6) is 0 Å². The number of carbonyl (C=O) groups is 4. The molecule has 198 valence electrons. The first-order chi connectivity index (χ1) is 17.7. The Morgan fingerprint density at radius 3 is 2.14 bits per heavy atom. The number of hydrogen-bond donors (Lipinski definition) is 2. The zero-order valence-electron chi connectivity index (χ0n) is 20.3. The van der Waals surface area contributed by atoms with Gasteiger partial charge in [-0.15, -0.1) is 0 Å². The van der Waals surface area contributed by atoms with Crippen LogP contribution in [0.4, 0.5) is 4.39 Å². The predicted molar refractivity (Wildman–Crippen MR) is 129 cm³/mol. The molecule has 2 atom stereocenters. The lowest BCUT2D eigenvalue weighted by Gasteiger charge is -2.32. The minimum absolute atomic E-state index is 0.0517. The van der Waals surface area contributed by atoms with Gasteiger partial charge in [0.05, 0.1) is 17.5 Å². The number of imide groups is 1. The molecule has 3 fully saturated rings. The number of carbonyl (C=O) groups excluding carboxylic acids is 2. The standard InChI is InChI=1S/C22H26FN3O3.C4H4O4/c23-15-5-6-18-19(13-15)29-24-20(18)14-7-9-25(10-8-14)11-12-26-21(27)16-3-1-2-4-17(16)22(26)28;5-3(6)1-2-4(7)8/h5-6,13-14,16-17H,1-4,7-12H2;1-2H,(H,5,6)(H,7,8)/b;2-1+. The molecule has 3 aliphatic rings. The van der Waals surface area contributed by atoms with Crippen molar-refractivity contribution in [1.29, 1.82) is 0 Å². The second-order valence-electron chi connectivity index (χ2n) is 9.66. The first-order valence-corrected chi connectivity index (χ1v) is 12.5. The van der Waals surface area contributed by atoms with E-state index in [1.165, 1.54) is 17.0 Å². The minimum Gasteiger partial charge on any atom is -0.478 e. The molecule has 10 nitrogen and oxygen atoms in total. The highest BCUT2D eigenvalue weighted by Gasteiger charge is 2.47. The van der Waals surface area contributed by atoms with Crippen molar-refractivity contribution in [1.82, 2.24) is 15.0 Å². The first kappa shape index (κ1) is 26.5. The smallest absolute Gasteiger partial charge is 0.328 e. The van der Waals surface area contributed by atoms with Gasteiger partial charge in [0, 0.05) is 42.6 Å². The Bertz CT molecular complexity index is 1160. The number of benzene rings is 1. The topological polar surface area (TPSA) is 141 Å². The summed E-state index contributed by atoms with van der Waals surface area (Å²) in [5, 5.41) is 20.7. The highest BCUT2D eigenvalue weighted by molar-refractivity contribution is 6.05. The van der Waals surface area contributed by atoms with Crippen molar-refractivity contribution in [3.63, 3.8) is 0 Å². The molecule has 1 aliphatic carbocycles. The normalized spacial score (nSPS) is 22.8.